The number of rotatable bonds is 10. The molecule has 0 amide bonds. The van der Waals surface area contributed by atoms with E-state index in [0.29, 0.717) is 34.7 Å². The van der Waals surface area contributed by atoms with Crippen LogP contribution in [0.3, 0.4) is 0 Å². The van der Waals surface area contributed by atoms with Gasteiger partial charge in [-0.05, 0) is 37.1 Å². The molecule has 2 heterocycles. The first-order chi connectivity index (χ1) is 15.3. The Bertz CT molecular complexity index is 1060. The number of ether oxygens (including phenoxy) is 2. The summed E-state index contributed by atoms with van der Waals surface area (Å²) in [6.45, 7) is 7.04. The summed E-state index contributed by atoms with van der Waals surface area (Å²) < 4.78 is 16.5. The smallest absolute Gasteiger partial charge is 0.258 e. The Kier molecular flexibility index (Phi) is 7.89. The number of aliphatic hydroxyl groups is 1. The lowest BCUT2D eigenvalue weighted by Gasteiger charge is -2.15. The molecule has 0 aliphatic heterocycles. The quantitative estimate of drug-likeness (QED) is 0.415. The van der Waals surface area contributed by atoms with E-state index >= 15 is 0 Å². The van der Waals surface area contributed by atoms with Gasteiger partial charge < -0.3 is 30.2 Å². The van der Waals surface area contributed by atoms with Gasteiger partial charge in [0.05, 0.1) is 12.1 Å². The summed E-state index contributed by atoms with van der Waals surface area (Å²) in [4.78, 5) is 9.02. The van der Waals surface area contributed by atoms with Gasteiger partial charge in [0.15, 0.2) is 11.5 Å². The van der Waals surface area contributed by atoms with Crippen LogP contribution in [0.4, 0.5) is 5.82 Å². The van der Waals surface area contributed by atoms with Crippen LogP contribution in [0.5, 0.6) is 11.5 Å². The zero-order chi connectivity index (χ0) is 23.3. The summed E-state index contributed by atoms with van der Waals surface area (Å²) in [5.41, 5.74) is 7.60. The van der Waals surface area contributed by atoms with Crippen LogP contribution in [0.15, 0.2) is 28.8 Å². The topological polar surface area (TPSA) is 129 Å². The van der Waals surface area contributed by atoms with E-state index in [9.17, 15) is 5.11 Å². The number of nitrogens with one attached hydrogen (secondary N) is 1. The van der Waals surface area contributed by atoms with Crippen molar-refractivity contribution in [2.24, 2.45) is 11.7 Å². The standard InChI is InChI=1S/C22H28ClN5O4/c1-12(2)10-25-19-8-15(5-13(3)26-19)22-27-21(28-32-22)14-6-17(23)20(18(7-14)30-4)31-11-16(29)9-24/h5-8,12,16,29H,9-11,24H2,1-4H3,(H,25,26)/t16-/m1/s1. The molecular weight excluding hydrogens is 434 g/mol. The van der Waals surface area contributed by atoms with Crippen LogP contribution in [0.1, 0.15) is 19.5 Å². The van der Waals surface area contributed by atoms with Crippen molar-refractivity contribution in [3.8, 4) is 34.3 Å². The molecule has 10 heteroatoms. The highest BCUT2D eigenvalue weighted by atomic mass is 35.5. The van der Waals surface area contributed by atoms with Gasteiger partial charge in [-0.25, -0.2) is 4.98 Å². The number of nitrogens with two attached hydrogens (primary N) is 1. The lowest BCUT2D eigenvalue weighted by molar-refractivity contribution is 0.112. The van der Waals surface area contributed by atoms with E-state index in [1.54, 1.807) is 12.1 Å². The molecule has 0 aliphatic rings. The summed E-state index contributed by atoms with van der Waals surface area (Å²) in [5, 5.41) is 17.3. The predicted octanol–water partition coefficient (Wildman–Crippen LogP) is 3.54. The van der Waals surface area contributed by atoms with Crippen molar-refractivity contribution in [1.29, 1.82) is 0 Å². The number of anilines is 1. The van der Waals surface area contributed by atoms with Gasteiger partial charge in [0.25, 0.3) is 5.89 Å². The van der Waals surface area contributed by atoms with Gasteiger partial charge in [-0.1, -0.05) is 30.6 Å². The number of nitrogens with zero attached hydrogens (tertiary/aromatic N) is 3. The monoisotopic (exact) mass is 461 g/mol. The van der Waals surface area contributed by atoms with Crippen molar-refractivity contribution in [1.82, 2.24) is 15.1 Å². The van der Waals surface area contributed by atoms with Crippen LogP contribution < -0.4 is 20.5 Å². The third-order valence-corrected chi connectivity index (χ3v) is 4.78. The lowest BCUT2D eigenvalue weighted by atomic mass is 10.2. The minimum atomic E-state index is -0.807. The summed E-state index contributed by atoms with van der Waals surface area (Å²) in [6.07, 6.45) is -0.807. The fourth-order valence-corrected chi connectivity index (χ4v) is 3.15. The Morgan fingerprint density at radius 2 is 1.97 bits per heavy atom. The van der Waals surface area contributed by atoms with Crippen molar-refractivity contribution in [2.75, 3.05) is 32.1 Å². The number of pyridine rings is 1. The molecule has 2 aromatic heterocycles. The maximum Gasteiger partial charge on any atom is 0.258 e. The molecule has 3 rings (SSSR count). The molecule has 32 heavy (non-hydrogen) atoms. The fraction of sp³-hybridized carbons (Fsp3) is 0.409. The molecule has 9 nitrogen and oxygen atoms in total. The summed E-state index contributed by atoms with van der Waals surface area (Å²) >= 11 is 6.39. The first kappa shape index (κ1) is 23.8. The number of aromatic nitrogens is 3. The summed E-state index contributed by atoms with van der Waals surface area (Å²) in [6, 6.07) is 7.10. The third kappa shape index (κ3) is 5.87. The van der Waals surface area contributed by atoms with Crippen molar-refractivity contribution in [3.05, 3.63) is 35.0 Å². The van der Waals surface area contributed by atoms with E-state index in [1.807, 2.05) is 19.1 Å². The van der Waals surface area contributed by atoms with Gasteiger partial charge in [0, 0.05) is 29.9 Å². The van der Waals surface area contributed by atoms with Crippen LogP contribution >= 0.6 is 11.6 Å². The van der Waals surface area contributed by atoms with Crippen molar-refractivity contribution in [2.45, 2.75) is 26.9 Å². The van der Waals surface area contributed by atoms with E-state index in [0.717, 1.165) is 23.6 Å². The highest BCUT2D eigenvalue weighted by Crippen LogP contribution is 2.39. The molecule has 0 aliphatic carbocycles. The highest BCUT2D eigenvalue weighted by Gasteiger charge is 2.18. The van der Waals surface area contributed by atoms with Gasteiger partial charge >= 0.3 is 0 Å². The normalized spacial score (nSPS) is 12.1. The van der Waals surface area contributed by atoms with Gasteiger partial charge in [0.1, 0.15) is 18.5 Å². The van der Waals surface area contributed by atoms with Crippen LogP contribution in [0, 0.1) is 12.8 Å². The Hall–Kier alpha value is -2.88. The first-order valence-corrected chi connectivity index (χ1v) is 10.6. The van der Waals surface area contributed by atoms with Crippen LogP contribution in [-0.4, -0.2) is 53.1 Å². The second-order valence-corrected chi connectivity index (χ2v) is 8.18. The van der Waals surface area contributed by atoms with Crippen LogP contribution in [-0.2, 0) is 0 Å². The van der Waals surface area contributed by atoms with Crippen molar-refractivity contribution in [3.63, 3.8) is 0 Å². The molecule has 1 atom stereocenters. The number of aryl methyl sites for hydroxylation is 1. The number of methoxy groups -OCH3 is 1. The minimum absolute atomic E-state index is 0.00709. The SMILES string of the molecule is COc1cc(-c2noc(-c3cc(C)nc(NCC(C)C)c3)n2)cc(Cl)c1OC[C@H](O)CN. The molecule has 0 spiro atoms. The largest absolute Gasteiger partial charge is 0.493 e. The molecule has 4 N–H and O–H groups in total. The minimum Gasteiger partial charge on any atom is -0.493 e. The molecular formula is C22H28ClN5O4. The number of halogens is 1. The Labute approximate surface area is 191 Å². The van der Waals surface area contributed by atoms with Crippen LogP contribution in [0.2, 0.25) is 5.02 Å². The Morgan fingerprint density at radius 1 is 1.19 bits per heavy atom. The second-order valence-electron chi connectivity index (χ2n) is 7.77. The molecule has 1 aromatic carbocycles. The molecule has 3 aromatic rings. The second kappa shape index (κ2) is 10.6. The number of benzene rings is 1. The molecule has 0 saturated heterocycles. The predicted molar refractivity (Wildman–Crippen MR) is 123 cm³/mol. The maximum atomic E-state index is 9.64. The molecule has 0 bridgehead atoms. The van der Waals surface area contributed by atoms with E-state index in [2.05, 4.69) is 34.3 Å². The molecule has 0 radical (unpaired) electrons. The molecule has 172 valence electrons. The summed E-state index contributed by atoms with van der Waals surface area (Å²) in [5.74, 6) is 2.63. The van der Waals surface area contributed by atoms with Crippen molar-refractivity contribution >= 4 is 17.4 Å². The first-order valence-electron chi connectivity index (χ1n) is 10.3. The lowest BCUT2D eigenvalue weighted by Crippen LogP contribution is -2.26. The van der Waals surface area contributed by atoms with Crippen LogP contribution in [0.25, 0.3) is 22.8 Å². The number of hydrogen-bond acceptors (Lipinski definition) is 9. The fourth-order valence-electron chi connectivity index (χ4n) is 2.89. The molecule has 0 unspecified atom stereocenters. The van der Waals surface area contributed by atoms with Crippen molar-refractivity contribution < 1.29 is 19.1 Å². The number of aliphatic hydroxyl groups excluding tert-OH is 1. The van der Waals surface area contributed by atoms with E-state index in [1.165, 1.54) is 7.11 Å². The molecule has 0 saturated carbocycles. The zero-order valence-corrected chi connectivity index (χ0v) is 19.3. The van der Waals surface area contributed by atoms with Gasteiger partial charge in [-0.2, -0.15) is 4.98 Å². The van der Waals surface area contributed by atoms with E-state index in [-0.39, 0.29) is 18.2 Å². The average Bonchev–Trinajstić information content (AvgIpc) is 3.26. The average molecular weight is 462 g/mol. The van der Waals surface area contributed by atoms with E-state index in [4.69, 9.17) is 31.3 Å². The van der Waals surface area contributed by atoms with E-state index < -0.39 is 6.10 Å². The third-order valence-electron chi connectivity index (χ3n) is 4.50. The Balaban J connectivity index is 1.87. The summed E-state index contributed by atoms with van der Waals surface area (Å²) in [7, 11) is 1.49. The molecule has 0 fully saturated rings. The number of hydrogen-bond donors (Lipinski definition) is 3. The van der Waals surface area contributed by atoms with Gasteiger partial charge in [0.2, 0.25) is 5.82 Å². The zero-order valence-electron chi connectivity index (χ0n) is 18.6. The highest BCUT2D eigenvalue weighted by molar-refractivity contribution is 6.32. The maximum absolute atomic E-state index is 9.64. The Morgan fingerprint density at radius 3 is 2.66 bits per heavy atom. The van der Waals surface area contributed by atoms with Gasteiger partial charge in [-0.3, -0.25) is 0 Å². The van der Waals surface area contributed by atoms with Gasteiger partial charge in [-0.15, -0.1) is 0 Å².